The zero-order valence-electron chi connectivity index (χ0n) is 40.9. The number of carbonyl (C=O) groups is 2. The van der Waals surface area contributed by atoms with Crippen molar-refractivity contribution in [2.24, 2.45) is 0 Å². The molecule has 0 aliphatic carbocycles. The van der Waals surface area contributed by atoms with Crippen LogP contribution in [-0.2, 0) is 38.0 Å². The van der Waals surface area contributed by atoms with Crippen molar-refractivity contribution in [2.45, 2.75) is 274 Å². The molecular formula is C51H94O15. The van der Waals surface area contributed by atoms with Gasteiger partial charge in [-0.2, -0.15) is 0 Å². The summed E-state index contributed by atoms with van der Waals surface area (Å²) >= 11 is 0. The van der Waals surface area contributed by atoms with Gasteiger partial charge in [-0.3, -0.25) is 9.59 Å². The molecule has 2 aliphatic heterocycles. The lowest BCUT2D eigenvalue weighted by Gasteiger charge is -2.42. The standard InChI is InChI=1S/C51H94O15/c1-3-5-7-9-11-13-15-17-18-19-20-22-23-25-27-29-31-33-42(53)61-36-39(64-43(54)34-32-30-28-26-24-21-16-14-12-10-8-6-4-2)37-62-50-49(60)47(58)45(56)41(66-50)38-63-51-48(59)46(57)44(55)40(35-52)65-51/h14,16,39-41,44-52,55-60H,3-13,15,17-38H2,1-2H3/b16-14+/t39-,40+,41+,44-,45-,46?,47?,48?,49?,50+,51+/m0/s1. The molecule has 4 unspecified atom stereocenters. The molecule has 0 aromatic carbocycles. The number of allylic oxidation sites excluding steroid dienone is 2. The summed E-state index contributed by atoms with van der Waals surface area (Å²) in [5.74, 6) is -0.925. The molecule has 7 N–H and O–H groups in total. The van der Waals surface area contributed by atoms with Crippen LogP contribution in [0.5, 0.6) is 0 Å². The molecule has 2 rings (SSSR count). The third kappa shape index (κ3) is 26.8. The van der Waals surface area contributed by atoms with Gasteiger partial charge in [0.2, 0.25) is 0 Å². The number of hydrogen-bond donors (Lipinski definition) is 7. The summed E-state index contributed by atoms with van der Waals surface area (Å²) in [4.78, 5) is 25.7. The first kappa shape index (κ1) is 60.4. The van der Waals surface area contributed by atoms with Gasteiger partial charge >= 0.3 is 11.9 Å². The Bertz CT molecular complexity index is 1210. The molecular weight excluding hydrogens is 853 g/mol. The monoisotopic (exact) mass is 947 g/mol. The molecule has 0 amide bonds. The fourth-order valence-electron chi connectivity index (χ4n) is 8.39. The molecule has 0 saturated carbocycles. The van der Waals surface area contributed by atoms with Crippen LogP contribution in [0.2, 0.25) is 0 Å². The number of rotatable bonds is 41. The first-order valence-electron chi connectivity index (χ1n) is 26.3. The Balaban J connectivity index is 1.79. The van der Waals surface area contributed by atoms with Gasteiger partial charge in [0.25, 0.3) is 0 Å². The average Bonchev–Trinajstić information content (AvgIpc) is 3.31. The maximum Gasteiger partial charge on any atom is 0.306 e. The number of carbonyl (C=O) groups excluding carboxylic acids is 2. The molecule has 0 spiro atoms. The lowest BCUT2D eigenvalue weighted by atomic mass is 9.98. The smallest absolute Gasteiger partial charge is 0.306 e. The highest BCUT2D eigenvalue weighted by Crippen LogP contribution is 2.26. The number of aliphatic hydroxyl groups excluding tert-OH is 7. The van der Waals surface area contributed by atoms with E-state index in [9.17, 15) is 45.3 Å². The third-order valence-corrected chi connectivity index (χ3v) is 12.7. The Morgan fingerprint density at radius 1 is 0.470 bits per heavy atom. The second kappa shape index (κ2) is 39.0. The normalized spacial score (nSPS) is 26.2. The van der Waals surface area contributed by atoms with Crippen molar-refractivity contribution in [3.63, 3.8) is 0 Å². The quantitative estimate of drug-likeness (QED) is 0.0180. The Labute approximate surface area is 397 Å². The Kier molecular flexibility index (Phi) is 35.7. The third-order valence-electron chi connectivity index (χ3n) is 12.7. The summed E-state index contributed by atoms with van der Waals surface area (Å²) < 4.78 is 33.6. The predicted molar refractivity (Wildman–Crippen MR) is 252 cm³/mol. The number of hydrogen-bond acceptors (Lipinski definition) is 15. The summed E-state index contributed by atoms with van der Waals surface area (Å²) in [7, 11) is 0. The largest absolute Gasteiger partial charge is 0.462 e. The summed E-state index contributed by atoms with van der Waals surface area (Å²) in [6.45, 7) is 2.59. The Morgan fingerprint density at radius 2 is 0.864 bits per heavy atom. The van der Waals surface area contributed by atoms with Gasteiger partial charge in [0.15, 0.2) is 18.7 Å². The van der Waals surface area contributed by atoms with Gasteiger partial charge in [-0.25, -0.2) is 0 Å². The number of ether oxygens (including phenoxy) is 6. The van der Waals surface area contributed by atoms with Crippen molar-refractivity contribution < 1.29 is 73.8 Å². The average molecular weight is 947 g/mol. The van der Waals surface area contributed by atoms with E-state index in [0.29, 0.717) is 12.8 Å². The van der Waals surface area contributed by atoms with E-state index < -0.39 is 92.7 Å². The van der Waals surface area contributed by atoms with E-state index in [4.69, 9.17) is 28.4 Å². The van der Waals surface area contributed by atoms with E-state index in [0.717, 1.165) is 57.8 Å². The molecule has 0 aromatic rings. The fraction of sp³-hybridized carbons (Fsp3) is 0.922. The van der Waals surface area contributed by atoms with E-state index in [2.05, 4.69) is 26.0 Å². The van der Waals surface area contributed by atoms with Gasteiger partial charge in [-0.15, -0.1) is 0 Å². The van der Waals surface area contributed by atoms with Gasteiger partial charge in [0.1, 0.15) is 55.4 Å². The molecule has 15 heteroatoms. The van der Waals surface area contributed by atoms with Crippen LogP contribution >= 0.6 is 0 Å². The molecule has 2 aliphatic rings. The second-order valence-corrected chi connectivity index (χ2v) is 18.7. The molecule has 388 valence electrons. The number of aliphatic hydroxyl groups is 7. The van der Waals surface area contributed by atoms with Crippen LogP contribution in [0.3, 0.4) is 0 Å². The SMILES string of the molecule is CCCCCC/C=C/CCCCCCCC(=O)O[C@@H](COC(=O)CCCCCCCCCCCCCCCCCCC)CO[C@@H]1O[C@H](CO[C@@H]2O[C@H](CO)[C@H](O)C(O)C2O)[C@H](O)C(O)C1O. The minimum absolute atomic E-state index is 0.159. The van der Waals surface area contributed by atoms with E-state index in [1.54, 1.807) is 0 Å². The van der Waals surface area contributed by atoms with Gasteiger partial charge in [-0.05, 0) is 38.5 Å². The molecule has 11 atom stereocenters. The fourth-order valence-corrected chi connectivity index (χ4v) is 8.39. The van der Waals surface area contributed by atoms with Crippen molar-refractivity contribution in [1.82, 2.24) is 0 Å². The highest BCUT2D eigenvalue weighted by atomic mass is 16.7. The second-order valence-electron chi connectivity index (χ2n) is 18.7. The van der Waals surface area contributed by atoms with Crippen LogP contribution in [0.25, 0.3) is 0 Å². The van der Waals surface area contributed by atoms with Crippen molar-refractivity contribution in [1.29, 1.82) is 0 Å². The summed E-state index contributed by atoms with van der Waals surface area (Å²) in [5.41, 5.74) is 0. The highest BCUT2D eigenvalue weighted by Gasteiger charge is 2.47. The first-order chi connectivity index (χ1) is 32.0. The molecule has 15 nitrogen and oxygen atoms in total. The van der Waals surface area contributed by atoms with Gasteiger partial charge < -0.3 is 64.2 Å². The predicted octanol–water partition coefficient (Wildman–Crippen LogP) is 7.38. The van der Waals surface area contributed by atoms with Crippen LogP contribution in [0, 0.1) is 0 Å². The van der Waals surface area contributed by atoms with Crippen molar-refractivity contribution in [3.8, 4) is 0 Å². The van der Waals surface area contributed by atoms with E-state index in [1.807, 2.05) is 0 Å². The molecule has 0 bridgehead atoms. The topological polar surface area (TPSA) is 231 Å². The van der Waals surface area contributed by atoms with Gasteiger partial charge in [0, 0.05) is 12.8 Å². The Hall–Kier alpha value is -1.76. The van der Waals surface area contributed by atoms with Crippen LogP contribution < -0.4 is 0 Å². The minimum Gasteiger partial charge on any atom is -0.462 e. The number of esters is 2. The Morgan fingerprint density at radius 3 is 1.35 bits per heavy atom. The van der Waals surface area contributed by atoms with Crippen molar-refractivity contribution in [3.05, 3.63) is 12.2 Å². The van der Waals surface area contributed by atoms with Crippen LogP contribution in [-0.4, -0.2) is 142 Å². The molecule has 0 radical (unpaired) electrons. The molecule has 0 aromatic heterocycles. The van der Waals surface area contributed by atoms with Gasteiger partial charge in [0.05, 0.1) is 19.8 Å². The summed E-state index contributed by atoms with van der Waals surface area (Å²) in [5, 5.41) is 72.0. The highest BCUT2D eigenvalue weighted by molar-refractivity contribution is 5.70. The lowest BCUT2D eigenvalue weighted by Crippen LogP contribution is -2.61. The molecule has 2 heterocycles. The van der Waals surface area contributed by atoms with Gasteiger partial charge in [-0.1, -0.05) is 167 Å². The van der Waals surface area contributed by atoms with E-state index in [-0.39, 0.29) is 26.1 Å². The van der Waals surface area contributed by atoms with Crippen LogP contribution in [0.4, 0.5) is 0 Å². The summed E-state index contributed by atoms with van der Waals surface area (Å²) in [6.07, 6.45) is 21.0. The van der Waals surface area contributed by atoms with Crippen LogP contribution in [0.15, 0.2) is 12.2 Å². The van der Waals surface area contributed by atoms with Crippen LogP contribution in [0.1, 0.15) is 206 Å². The number of unbranched alkanes of at least 4 members (excludes halogenated alkanes) is 25. The first-order valence-corrected chi connectivity index (χ1v) is 26.3. The summed E-state index contributed by atoms with van der Waals surface area (Å²) in [6, 6.07) is 0. The maximum absolute atomic E-state index is 13.0. The maximum atomic E-state index is 13.0. The molecule has 2 fully saturated rings. The zero-order valence-corrected chi connectivity index (χ0v) is 40.9. The molecule has 2 saturated heterocycles. The van der Waals surface area contributed by atoms with E-state index in [1.165, 1.54) is 109 Å². The molecule has 66 heavy (non-hydrogen) atoms. The lowest BCUT2D eigenvalue weighted by molar-refractivity contribution is -0.332. The minimum atomic E-state index is -1.76. The van der Waals surface area contributed by atoms with Crippen molar-refractivity contribution >= 4 is 11.9 Å². The van der Waals surface area contributed by atoms with E-state index >= 15 is 0 Å². The zero-order chi connectivity index (χ0) is 48.2. The van der Waals surface area contributed by atoms with Crippen molar-refractivity contribution in [2.75, 3.05) is 26.4 Å².